The van der Waals surface area contributed by atoms with E-state index in [0.29, 0.717) is 12.0 Å². The van der Waals surface area contributed by atoms with E-state index in [0.717, 1.165) is 30.1 Å². The molecule has 4 aliphatic rings. The van der Waals surface area contributed by atoms with Crippen molar-refractivity contribution in [1.82, 2.24) is 19.4 Å². The molecule has 0 unspecified atom stereocenters. The summed E-state index contributed by atoms with van der Waals surface area (Å²) in [5.74, 6) is 1.69. The number of pyridine rings is 1. The van der Waals surface area contributed by atoms with E-state index in [1.807, 2.05) is 24.4 Å². The van der Waals surface area contributed by atoms with Crippen molar-refractivity contribution >= 4 is 11.4 Å². The van der Waals surface area contributed by atoms with Crippen LogP contribution in [0.4, 0.5) is 0 Å². The Morgan fingerprint density at radius 2 is 2.04 bits per heavy atom. The lowest BCUT2D eigenvalue weighted by Crippen LogP contribution is -2.47. The molecular formula is C20H26N4O. The molecule has 2 atom stereocenters. The minimum absolute atomic E-state index is 0.156. The van der Waals surface area contributed by atoms with Gasteiger partial charge in [-0.3, -0.25) is 9.69 Å². The van der Waals surface area contributed by atoms with Crippen LogP contribution in [0.1, 0.15) is 42.5 Å². The van der Waals surface area contributed by atoms with Gasteiger partial charge in [0.25, 0.3) is 5.91 Å². The molecule has 0 spiro atoms. The molecule has 1 amide bonds. The van der Waals surface area contributed by atoms with Crippen LogP contribution in [-0.4, -0.2) is 57.5 Å². The lowest BCUT2D eigenvalue weighted by molar-refractivity contribution is 0.0719. The molecule has 2 aromatic rings. The third-order valence-electron chi connectivity index (χ3n) is 6.49. The summed E-state index contributed by atoms with van der Waals surface area (Å²) in [7, 11) is 0. The van der Waals surface area contributed by atoms with Crippen molar-refractivity contribution in [3.63, 3.8) is 0 Å². The molecule has 0 aromatic carbocycles. The first-order valence-electron chi connectivity index (χ1n) is 9.73. The first-order valence-corrected chi connectivity index (χ1v) is 9.73. The predicted octanol–water partition coefficient (Wildman–Crippen LogP) is 2.67. The minimum atomic E-state index is 0.156. The van der Waals surface area contributed by atoms with Gasteiger partial charge in [-0.25, -0.2) is 4.52 Å². The van der Waals surface area contributed by atoms with Gasteiger partial charge in [-0.2, -0.15) is 5.10 Å². The number of carbonyl (C=O) groups is 1. The van der Waals surface area contributed by atoms with E-state index < -0.39 is 0 Å². The highest BCUT2D eigenvalue weighted by atomic mass is 16.2. The van der Waals surface area contributed by atoms with Gasteiger partial charge in [0.1, 0.15) is 0 Å². The standard InChI is InChI=1S/C20H26N4O/c25-20(18-10-21-24-9-2-1-6-19(18)24)23-13-16-7-8-17(14-23)22(12-16)11-15-4-3-5-15/h1-2,6,9-10,15-17H,3-5,7-8,11-14H2/t16-,17-/m0/s1. The van der Waals surface area contributed by atoms with Crippen molar-refractivity contribution < 1.29 is 4.79 Å². The average molecular weight is 338 g/mol. The SMILES string of the molecule is O=C(c1cnn2ccccc12)N1C[C@H]2CC[C@@H](C1)N(CC1CCC1)C2. The minimum Gasteiger partial charge on any atom is -0.337 e. The van der Waals surface area contributed by atoms with Gasteiger partial charge in [0.05, 0.1) is 17.3 Å². The molecule has 25 heavy (non-hydrogen) atoms. The number of hydrogen-bond donors (Lipinski definition) is 0. The monoisotopic (exact) mass is 338 g/mol. The van der Waals surface area contributed by atoms with Gasteiger partial charge in [0, 0.05) is 38.4 Å². The molecule has 0 N–H and O–H groups in total. The van der Waals surface area contributed by atoms with E-state index in [-0.39, 0.29) is 5.91 Å². The number of rotatable bonds is 3. The topological polar surface area (TPSA) is 40.9 Å². The quantitative estimate of drug-likeness (QED) is 0.864. The van der Waals surface area contributed by atoms with E-state index in [2.05, 4.69) is 14.9 Å². The van der Waals surface area contributed by atoms with Gasteiger partial charge in [-0.15, -0.1) is 0 Å². The van der Waals surface area contributed by atoms with Crippen LogP contribution in [0.15, 0.2) is 30.6 Å². The second-order valence-corrected chi connectivity index (χ2v) is 8.15. The number of carbonyl (C=O) groups excluding carboxylic acids is 1. The summed E-state index contributed by atoms with van der Waals surface area (Å²) in [4.78, 5) is 18.0. The fourth-order valence-electron chi connectivity index (χ4n) is 4.85. The Labute approximate surface area is 148 Å². The average Bonchev–Trinajstić information content (AvgIpc) is 2.81. The molecular weight excluding hydrogens is 312 g/mol. The van der Waals surface area contributed by atoms with Gasteiger partial charge in [-0.05, 0) is 49.7 Å². The first kappa shape index (κ1) is 15.4. The van der Waals surface area contributed by atoms with Gasteiger partial charge < -0.3 is 4.90 Å². The summed E-state index contributed by atoms with van der Waals surface area (Å²) in [6.45, 7) is 4.21. The zero-order valence-corrected chi connectivity index (χ0v) is 14.7. The predicted molar refractivity (Wildman–Crippen MR) is 96.5 cm³/mol. The van der Waals surface area contributed by atoms with Crippen molar-refractivity contribution in [3.8, 4) is 0 Å². The van der Waals surface area contributed by atoms with Gasteiger partial charge in [-0.1, -0.05) is 12.5 Å². The van der Waals surface area contributed by atoms with Crippen molar-refractivity contribution in [2.45, 2.75) is 38.1 Å². The van der Waals surface area contributed by atoms with Crippen LogP contribution < -0.4 is 0 Å². The Morgan fingerprint density at radius 3 is 2.88 bits per heavy atom. The molecule has 2 aromatic heterocycles. The molecule has 0 radical (unpaired) electrons. The maximum Gasteiger partial charge on any atom is 0.257 e. The normalized spacial score (nSPS) is 27.4. The Kier molecular flexibility index (Phi) is 3.77. The molecule has 3 aliphatic heterocycles. The van der Waals surface area contributed by atoms with Gasteiger partial charge in [0.15, 0.2) is 0 Å². The zero-order chi connectivity index (χ0) is 16.8. The molecule has 5 heterocycles. The Balaban J connectivity index is 1.36. The fourth-order valence-corrected chi connectivity index (χ4v) is 4.85. The summed E-state index contributed by atoms with van der Waals surface area (Å²) >= 11 is 0. The molecule has 3 saturated heterocycles. The van der Waals surface area contributed by atoms with Crippen LogP contribution in [0.3, 0.4) is 0 Å². The van der Waals surface area contributed by atoms with E-state index in [4.69, 9.17) is 0 Å². The molecule has 1 saturated carbocycles. The molecule has 2 bridgehead atoms. The second-order valence-electron chi connectivity index (χ2n) is 8.15. The van der Waals surface area contributed by atoms with E-state index in [1.54, 1.807) is 10.7 Å². The van der Waals surface area contributed by atoms with E-state index in [9.17, 15) is 4.79 Å². The Bertz CT molecular complexity index is 781. The van der Waals surface area contributed by atoms with Crippen molar-refractivity contribution in [1.29, 1.82) is 0 Å². The summed E-state index contributed by atoms with van der Waals surface area (Å²) in [5.41, 5.74) is 1.66. The van der Waals surface area contributed by atoms with Crippen LogP contribution in [0.5, 0.6) is 0 Å². The fraction of sp³-hybridized carbons (Fsp3) is 0.600. The summed E-state index contributed by atoms with van der Waals surface area (Å²) in [5, 5.41) is 4.34. The number of hydrogen-bond acceptors (Lipinski definition) is 3. The van der Waals surface area contributed by atoms with Crippen LogP contribution >= 0.6 is 0 Å². The third-order valence-corrected chi connectivity index (χ3v) is 6.49. The summed E-state index contributed by atoms with van der Waals surface area (Å²) in [6, 6.07) is 6.44. The van der Waals surface area contributed by atoms with Crippen LogP contribution in [0.2, 0.25) is 0 Å². The number of fused-ring (bicyclic) bond motifs is 5. The van der Waals surface area contributed by atoms with Crippen LogP contribution in [0.25, 0.3) is 5.52 Å². The molecule has 6 rings (SSSR count). The number of aromatic nitrogens is 2. The molecule has 132 valence electrons. The van der Waals surface area contributed by atoms with Crippen molar-refractivity contribution in [3.05, 3.63) is 36.2 Å². The zero-order valence-electron chi connectivity index (χ0n) is 14.7. The Hall–Kier alpha value is -1.88. The van der Waals surface area contributed by atoms with Crippen molar-refractivity contribution in [2.75, 3.05) is 26.2 Å². The third kappa shape index (κ3) is 2.74. The van der Waals surface area contributed by atoms with Gasteiger partial charge >= 0.3 is 0 Å². The van der Waals surface area contributed by atoms with Crippen molar-refractivity contribution in [2.24, 2.45) is 11.8 Å². The summed E-state index contributed by atoms with van der Waals surface area (Å²) in [6.07, 6.45) is 10.4. The smallest absolute Gasteiger partial charge is 0.257 e. The van der Waals surface area contributed by atoms with Crippen LogP contribution in [0, 0.1) is 11.8 Å². The molecule has 4 fully saturated rings. The summed E-state index contributed by atoms with van der Waals surface area (Å²) < 4.78 is 1.79. The highest BCUT2D eigenvalue weighted by Gasteiger charge is 2.38. The Morgan fingerprint density at radius 1 is 1.12 bits per heavy atom. The molecule has 1 aliphatic carbocycles. The number of amides is 1. The van der Waals surface area contributed by atoms with E-state index >= 15 is 0 Å². The van der Waals surface area contributed by atoms with Crippen LogP contribution in [-0.2, 0) is 0 Å². The maximum absolute atomic E-state index is 13.2. The highest BCUT2D eigenvalue weighted by molar-refractivity contribution is 6.00. The van der Waals surface area contributed by atoms with Gasteiger partial charge in [0.2, 0.25) is 0 Å². The molecule has 5 nitrogen and oxygen atoms in total. The maximum atomic E-state index is 13.2. The highest BCUT2D eigenvalue weighted by Crippen LogP contribution is 2.33. The largest absolute Gasteiger partial charge is 0.337 e. The van der Waals surface area contributed by atoms with E-state index in [1.165, 1.54) is 45.2 Å². The lowest BCUT2D eigenvalue weighted by atomic mass is 9.83. The lowest BCUT2D eigenvalue weighted by Gasteiger charge is -2.40. The number of nitrogens with zero attached hydrogens (tertiary/aromatic N) is 4. The first-order chi connectivity index (χ1) is 12.3. The number of piperidine rings is 1. The second kappa shape index (κ2) is 6.13. The molecule has 5 heteroatoms.